The molecule has 124 valence electrons. The molecule has 0 spiro atoms. The van der Waals surface area contributed by atoms with E-state index in [9.17, 15) is 10.2 Å². The summed E-state index contributed by atoms with van der Waals surface area (Å²) < 4.78 is 0. The van der Waals surface area contributed by atoms with Crippen LogP contribution in [-0.2, 0) is 12.8 Å². The van der Waals surface area contributed by atoms with Gasteiger partial charge in [-0.15, -0.1) is 0 Å². The monoisotopic (exact) mass is 370 g/mol. The second-order valence-corrected chi connectivity index (χ2v) is 7.45. The molecule has 0 aromatic heterocycles. The third kappa shape index (κ3) is 7.15. The molecule has 2 aromatic carbocycles. The Morgan fingerprint density at radius 1 is 0.696 bits per heavy atom. The topological polar surface area (TPSA) is 40.5 Å². The minimum Gasteiger partial charge on any atom is -0.392 e. The summed E-state index contributed by atoms with van der Waals surface area (Å²) >= 11 is 13.2. The summed E-state index contributed by atoms with van der Waals surface area (Å²) in [6, 6.07) is 15.0. The molecule has 0 saturated carbocycles. The molecule has 2 N–H and O–H groups in total. The summed E-state index contributed by atoms with van der Waals surface area (Å²) in [6.45, 7) is 0. The number of thioether (sulfide) groups is 1. The maximum absolute atomic E-state index is 10.1. The molecule has 0 fully saturated rings. The largest absolute Gasteiger partial charge is 0.392 e. The van der Waals surface area contributed by atoms with Crippen molar-refractivity contribution in [2.75, 3.05) is 11.5 Å². The SMILES string of the molecule is O[C@H](CSC[C@H](O)Cc1ccc(Cl)cc1)Cc1ccc(Cl)cc1. The minimum absolute atomic E-state index is 0.427. The lowest BCUT2D eigenvalue weighted by atomic mass is 10.1. The lowest BCUT2D eigenvalue weighted by Gasteiger charge is -2.13. The van der Waals surface area contributed by atoms with Gasteiger partial charge in [-0.3, -0.25) is 0 Å². The van der Waals surface area contributed by atoms with E-state index >= 15 is 0 Å². The predicted octanol–water partition coefficient (Wildman–Crippen LogP) is 4.23. The molecule has 5 heteroatoms. The molecule has 0 bridgehead atoms. The highest BCUT2D eigenvalue weighted by atomic mass is 35.5. The first-order valence-electron chi connectivity index (χ1n) is 7.45. The summed E-state index contributed by atoms with van der Waals surface area (Å²) in [4.78, 5) is 0. The predicted molar refractivity (Wildman–Crippen MR) is 99.7 cm³/mol. The van der Waals surface area contributed by atoms with Crippen LogP contribution in [0.5, 0.6) is 0 Å². The van der Waals surface area contributed by atoms with Crippen molar-refractivity contribution >= 4 is 35.0 Å². The van der Waals surface area contributed by atoms with Crippen molar-refractivity contribution in [1.29, 1.82) is 0 Å². The van der Waals surface area contributed by atoms with E-state index in [0.717, 1.165) is 11.1 Å². The first-order valence-corrected chi connectivity index (χ1v) is 9.37. The van der Waals surface area contributed by atoms with Crippen molar-refractivity contribution in [3.63, 3.8) is 0 Å². The Morgan fingerprint density at radius 3 is 1.39 bits per heavy atom. The van der Waals surface area contributed by atoms with E-state index in [2.05, 4.69) is 0 Å². The molecule has 0 saturated heterocycles. The van der Waals surface area contributed by atoms with Crippen LogP contribution >= 0.6 is 35.0 Å². The smallest absolute Gasteiger partial charge is 0.0670 e. The van der Waals surface area contributed by atoms with Gasteiger partial charge in [-0.1, -0.05) is 47.5 Å². The van der Waals surface area contributed by atoms with Crippen LogP contribution < -0.4 is 0 Å². The second kappa shape index (κ2) is 9.55. The zero-order chi connectivity index (χ0) is 16.7. The lowest BCUT2D eigenvalue weighted by molar-refractivity contribution is 0.195. The number of aliphatic hydroxyl groups excluding tert-OH is 2. The normalized spacial score (nSPS) is 13.7. The van der Waals surface area contributed by atoms with Gasteiger partial charge in [0.25, 0.3) is 0 Å². The van der Waals surface area contributed by atoms with Gasteiger partial charge in [-0.05, 0) is 48.2 Å². The zero-order valence-electron chi connectivity index (χ0n) is 12.7. The maximum atomic E-state index is 10.1. The average molecular weight is 371 g/mol. The number of halogens is 2. The van der Waals surface area contributed by atoms with Gasteiger partial charge in [-0.2, -0.15) is 11.8 Å². The van der Waals surface area contributed by atoms with Gasteiger partial charge in [0, 0.05) is 21.6 Å². The Morgan fingerprint density at radius 2 is 1.04 bits per heavy atom. The molecule has 0 aliphatic heterocycles. The molecule has 2 rings (SSSR count). The number of hydrogen-bond acceptors (Lipinski definition) is 3. The Hall–Kier alpha value is -0.710. The van der Waals surface area contributed by atoms with E-state index in [-0.39, 0.29) is 0 Å². The standard InChI is InChI=1S/C18H20Cl2O2S/c19-15-5-1-13(2-6-15)9-17(21)11-23-12-18(22)10-14-3-7-16(20)8-4-14/h1-8,17-18,21-22H,9-12H2/t17-,18+. The van der Waals surface area contributed by atoms with Crippen LogP contribution in [0.1, 0.15) is 11.1 Å². The molecule has 0 aliphatic rings. The molecule has 0 unspecified atom stereocenters. The van der Waals surface area contributed by atoms with Gasteiger partial charge in [0.05, 0.1) is 12.2 Å². The van der Waals surface area contributed by atoms with Crippen LogP contribution in [0.4, 0.5) is 0 Å². The quantitative estimate of drug-likeness (QED) is 0.730. The third-order valence-electron chi connectivity index (χ3n) is 3.39. The fourth-order valence-corrected chi connectivity index (χ4v) is 3.41. The van der Waals surface area contributed by atoms with Gasteiger partial charge < -0.3 is 10.2 Å². The van der Waals surface area contributed by atoms with E-state index in [1.807, 2.05) is 48.5 Å². The zero-order valence-corrected chi connectivity index (χ0v) is 15.0. The van der Waals surface area contributed by atoms with E-state index in [1.54, 1.807) is 11.8 Å². The molecular weight excluding hydrogens is 351 g/mol. The molecular formula is C18H20Cl2O2S. The van der Waals surface area contributed by atoms with Crippen molar-refractivity contribution in [2.45, 2.75) is 25.0 Å². The molecule has 0 amide bonds. The van der Waals surface area contributed by atoms with E-state index in [4.69, 9.17) is 23.2 Å². The Labute approximate surface area is 151 Å². The van der Waals surface area contributed by atoms with Gasteiger partial charge >= 0.3 is 0 Å². The second-order valence-electron chi connectivity index (χ2n) is 5.51. The molecule has 2 aromatic rings. The van der Waals surface area contributed by atoms with E-state index in [1.165, 1.54) is 0 Å². The molecule has 2 atom stereocenters. The van der Waals surface area contributed by atoms with Gasteiger partial charge in [-0.25, -0.2) is 0 Å². The fourth-order valence-electron chi connectivity index (χ4n) is 2.24. The fraction of sp³-hybridized carbons (Fsp3) is 0.333. The van der Waals surface area contributed by atoms with Crippen molar-refractivity contribution in [3.8, 4) is 0 Å². The van der Waals surface area contributed by atoms with Crippen LogP contribution in [0.2, 0.25) is 10.0 Å². The van der Waals surface area contributed by atoms with Crippen LogP contribution in [0.3, 0.4) is 0 Å². The number of aliphatic hydroxyl groups is 2. The van der Waals surface area contributed by atoms with Crippen molar-refractivity contribution in [2.24, 2.45) is 0 Å². The van der Waals surface area contributed by atoms with Crippen molar-refractivity contribution in [1.82, 2.24) is 0 Å². The maximum Gasteiger partial charge on any atom is 0.0670 e. The highest BCUT2D eigenvalue weighted by molar-refractivity contribution is 7.99. The van der Waals surface area contributed by atoms with Crippen LogP contribution in [0, 0.1) is 0 Å². The van der Waals surface area contributed by atoms with Crippen LogP contribution in [0.25, 0.3) is 0 Å². The molecule has 0 aliphatic carbocycles. The third-order valence-corrected chi connectivity index (χ3v) is 5.13. The molecule has 0 radical (unpaired) electrons. The summed E-state index contributed by atoms with van der Waals surface area (Å²) in [5.74, 6) is 1.20. The molecule has 2 nitrogen and oxygen atoms in total. The summed E-state index contributed by atoms with van der Waals surface area (Å²) in [6.07, 6.45) is 0.336. The summed E-state index contributed by atoms with van der Waals surface area (Å²) in [7, 11) is 0. The van der Waals surface area contributed by atoms with Crippen LogP contribution in [-0.4, -0.2) is 33.9 Å². The van der Waals surface area contributed by atoms with Crippen molar-refractivity contribution in [3.05, 3.63) is 69.7 Å². The molecule has 0 heterocycles. The highest BCUT2D eigenvalue weighted by Crippen LogP contribution is 2.16. The molecule has 23 heavy (non-hydrogen) atoms. The number of benzene rings is 2. The van der Waals surface area contributed by atoms with Gasteiger partial charge in [0.15, 0.2) is 0 Å². The van der Waals surface area contributed by atoms with Crippen LogP contribution in [0.15, 0.2) is 48.5 Å². The Kier molecular flexibility index (Phi) is 7.74. The number of hydrogen-bond donors (Lipinski definition) is 2. The number of rotatable bonds is 8. The van der Waals surface area contributed by atoms with Gasteiger partial charge in [0.1, 0.15) is 0 Å². The van der Waals surface area contributed by atoms with E-state index in [0.29, 0.717) is 34.4 Å². The summed E-state index contributed by atoms with van der Waals surface area (Å²) in [5, 5.41) is 21.5. The average Bonchev–Trinajstić information content (AvgIpc) is 2.52. The minimum atomic E-state index is -0.427. The van der Waals surface area contributed by atoms with Crippen molar-refractivity contribution < 1.29 is 10.2 Å². The highest BCUT2D eigenvalue weighted by Gasteiger charge is 2.10. The Bertz CT molecular complexity index is 533. The summed E-state index contributed by atoms with van der Waals surface area (Å²) in [5.41, 5.74) is 2.12. The Balaban J connectivity index is 1.67. The van der Waals surface area contributed by atoms with Gasteiger partial charge in [0.2, 0.25) is 0 Å². The van der Waals surface area contributed by atoms with E-state index < -0.39 is 12.2 Å². The lowest BCUT2D eigenvalue weighted by Crippen LogP contribution is -2.18. The first kappa shape index (κ1) is 18.6. The first-order chi connectivity index (χ1) is 11.0.